The molecular formula is C34H31BrFNO4. The second kappa shape index (κ2) is 11.6. The zero-order valence-electron chi connectivity index (χ0n) is 22.9. The van der Waals surface area contributed by atoms with Gasteiger partial charge < -0.3 is 14.4 Å². The Kier molecular flexibility index (Phi) is 7.80. The van der Waals surface area contributed by atoms with Gasteiger partial charge in [0.25, 0.3) is 0 Å². The summed E-state index contributed by atoms with van der Waals surface area (Å²) < 4.78 is 26.2. The van der Waals surface area contributed by atoms with Crippen molar-refractivity contribution < 1.29 is 23.5 Å². The van der Waals surface area contributed by atoms with Gasteiger partial charge in [-0.2, -0.15) is 0 Å². The van der Waals surface area contributed by atoms with Crippen LogP contribution in [0.3, 0.4) is 0 Å². The smallest absolute Gasteiger partial charge is 0.175 e. The van der Waals surface area contributed by atoms with Crippen molar-refractivity contribution in [1.29, 1.82) is 0 Å². The van der Waals surface area contributed by atoms with E-state index in [1.807, 2.05) is 30.3 Å². The summed E-state index contributed by atoms with van der Waals surface area (Å²) in [5, 5.41) is 0. The van der Waals surface area contributed by atoms with Crippen LogP contribution in [0.1, 0.15) is 61.1 Å². The first-order chi connectivity index (χ1) is 19.9. The largest absolute Gasteiger partial charge is 0.493 e. The van der Waals surface area contributed by atoms with Crippen molar-refractivity contribution in [2.75, 3.05) is 7.11 Å². The number of hydrogen-bond donors (Lipinski definition) is 0. The van der Waals surface area contributed by atoms with Crippen molar-refractivity contribution in [2.24, 2.45) is 0 Å². The van der Waals surface area contributed by atoms with Gasteiger partial charge in [0.2, 0.25) is 0 Å². The Labute approximate surface area is 247 Å². The predicted octanol–water partition coefficient (Wildman–Crippen LogP) is 7.79. The third-order valence-corrected chi connectivity index (χ3v) is 8.72. The lowest BCUT2D eigenvalue weighted by atomic mass is 9.71. The summed E-state index contributed by atoms with van der Waals surface area (Å²) >= 11 is 3.66. The molecule has 41 heavy (non-hydrogen) atoms. The second-order valence-electron chi connectivity index (χ2n) is 10.7. The summed E-state index contributed by atoms with van der Waals surface area (Å²) in [7, 11) is 1.57. The number of ether oxygens (including phenoxy) is 2. The van der Waals surface area contributed by atoms with E-state index in [2.05, 4.69) is 33.0 Å². The minimum atomic E-state index is -0.463. The van der Waals surface area contributed by atoms with Crippen LogP contribution < -0.4 is 9.47 Å². The van der Waals surface area contributed by atoms with E-state index in [9.17, 15) is 14.0 Å². The van der Waals surface area contributed by atoms with Crippen LogP contribution in [0.25, 0.3) is 0 Å². The summed E-state index contributed by atoms with van der Waals surface area (Å²) in [6.07, 6.45) is 4.13. The minimum absolute atomic E-state index is 0.0979. The van der Waals surface area contributed by atoms with Crippen molar-refractivity contribution in [3.8, 4) is 11.5 Å². The van der Waals surface area contributed by atoms with E-state index >= 15 is 0 Å². The average Bonchev–Trinajstić information content (AvgIpc) is 2.97. The number of benzene rings is 3. The molecule has 5 nitrogen and oxygen atoms in total. The Hall–Kier alpha value is -3.71. The van der Waals surface area contributed by atoms with Gasteiger partial charge in [-0.05, 0) is 82.6 Å². The van der Waals surface area contributed by atoms with Gasteiger partial charge >= 0.3 is 0 Å². The van der Waals surface area contributed by atoms with Crippen molar-refractivity contribution in [3.63, 3.8) is 0 Å². The molecule has 3 aromatic carbocycles. The van der Waals surface area contributed by atoms with Gasteiger partial charge in [0.05, 0.1) is 11.6 Å². The Morgan fingerprint density at radius 2 is 1.51 bits per heavy atom. The molecule has 0 radical (unpaired) electrons. The van der Waals surface area contributed by atoms with E-state index in [0.29, 0.717) is 40.9 Å². The summed E-state index contributed by atoms with van der Waals surface area (Å²) in [4.78, 5) is 29.6. The predicted molar refractivity (Wildman–Crippen MR) is 158 cm³/mol. The number of Topliss-reactive ketones (excluding diaryl/α,β-unsaturated/α-hetero) is 2. The molecule has 210 valence electrons. The molecule has 7 heteroatoms. The van der Waals surface area contributed by atoms with E-state index in [4.69, 9.17) is 9.47 Å². The third kappa shape index (κ3) is 5.35. The molecule has 2 aliphatic carbocycles. The zero-order chi connectivity index (χ0) is 28.5. The molecule has 3 aromatic rings. The number of carbonyl (C=O) groups excluding carboxylic acids is 2. The fourth-order valence-corrected chi connectivity index (χ4v) is 6.91. The Bertz CT molecular complexity index is 1530. The van der Waals surface area contributed by atoms with Crippen molar-refractivity contribution in [3.05, 3.63) is 116 Å². The standard InChI is InChI=1S/C34H31BrFNO4/c1-40-30-18-23(17-25(35)34(30)41-20-22-10-5-11-24(36)16-22)31-32-26(12-6-14-28(32)38)37(19-21-8-3-2-4-9-21)27-13-7-15-29(39)33(27)31/h2-5,8-11,16-18,31H,6-7,12-15,19-20H2,1H3. The van der Waals surface area contributed by atoms with Crippen LogP contribution in [-0.4, -0.2) is 23.6 Å². The first-order valence-corrected chi connectivity index (χ1v) is 14.8. The van der Waals surface area contributed by atoms with Crippen LogP contribution in [0.15, 0.2) is 93.7 Å². The van der Waals surface area contributed by atoms with Crippen molar-refractivity contribution in [2.45, 2.75) is 57.6 Å². The SMILES string of the molecule is COc1cc(C2C3=C(CCCC3=O)N(Cc3ccccc3)C3=C2C(=O)CCC3)cc(Br)c1OCc1cccc(F)c1. The highest BCUT2D eigenvalue weighted by Gasteiger charge is 2.43. The van der Waals surface area contributed by atoms with Crippen LogP contribution >= 0.6 is 15.9 Å². The second-order valence-corrected chi connectivity index (χ2v) is 11.6. The first kappa shape index (κ1) is 27.5. The topological polar surface area (TPSA) is 55.8 Å². The van der Waals surface area contributed by atoms with E-state index in [1.54, 1.807) is 19.2 Å². The van der Waals surface area contributed by atoms with Crippen LogP contribution in [0.2, 0.25) is 0 Å². The molecule has 0 fully saturated rings. The van der Waals surface area contributed by atoms with E-state index < -0.39 is 5.92 Å². The number of rotatable bonds is 7. The lowest BCUT2D eigenvalue weighted by molar-refractivity contribution is -0.117. The van der Waals surface area contributed by atoms with E-state index in [-0.39, 0.29) is 24.0 Å². The maximum absolute atomic E-state index is 13.7. The lowest BCUT2D eigenvalue weighted by Crippen LogP contribution is -2.38. The molecule has 0 saturated carbocycles. The molecule has 1 heterocycles. The zero-order valence-corrected chi connectivity index (χ0v) is 24.5. The fourth-order valence-electron chi connectivity index (χ4n) is 6.34. The molecule has 0 aromatic heterocycles. The van der Waals surface area contributed by atoms with Crippen LogP contribution in [0, 0.1) is 5.82 Å². The Morgan fingerprint density at radius 3 is 2.15 bits per heavy atom. The molecule has 0 atom stereocenters. The molecular weight excluding hydrogens is 585 g/mol. The molecule has 3 aliphatic rings. The summed E-state index contributed by atoms with van der Waals surface area (Å²) in [5.74, 6) is 0.369. The van der Waals surface area contributed by atoms with Gasteiger partial charge in [0.1, 0.15) is 12.4 Å². The van der Waals surface area contributed by atoms with Gasteiger partial charge in [-0.15, -0.1) is 0 Å². The number of allylic oxidation sites excluding steroid dienone is 4. The van der Waals surface area contributed by atoms with Gasteiger partial charge in [-0.25, -0.2) is 4.39 Å². The maximum Gasteiger partial charge on any atom is 0.175 e. The highest BCUT2D eigenvalue weighted by atomic mass is 79.9. The molecule has 0 spiro atoms. The molecule has 0 N–H and O–H groups in total. The van der Waals surface area contributed by atoms with Crippen LogP contribution in [0.5, 0.6) is 11.5 Å². The van der Waals surface area contributed by atoms with E-state index in [0.717, 1.165) is 59.4 Å². The Morgan fingerprint density at radius 1 is 0.854 bits per heavy atom. The van der Waals surface area contributed by atoms with E-state index in [1.165, 1.54) is 12.1 Å². The number of hydrogen-bond acceptors (Lipinski definition) is 5. The molecule has 0 bridgehead atoms. The number of carbonyl (C=O) groups is 2. The number of methoxy groups -OCH3 is 1. The summed E-state index contributed by atoms with van der Waals surface area (Å²) in [5.41, 5.74) is 6.17. The van der Waals surface area contributed by atoms with Gasteiger partial charge in [0.15, 0.2) is 23.1 Å². The normalized spacial score (nSPS) is 17.5. The number of halogens is 2. The minimum Gasteiger partial charge on any atom is -0.493 e. The lowest BCUT2D eigenvalue weighted by Gasteiger charge is -2.44. The average molecular weight is 617 g/mol. The molecule has 1 aliphatic heterocycles. The van der Waals surface area contributed by atoms with Gasteiger partial charge in [-0.3, -0.25) is 9.59 Å². The molecule has 0 saturated heterocycles. The monoisotopic (exact) mass is 615 g/mol. The van der Waals surface area contributed by atoms with Crippen LogP contribution in [-0.2, 0) is 22.7 Å². The molecule has 6 rings (SSSR count). The highest BCUT2D eigenvalue weighted by molar-refractivity contribution is 9.10. The Balaban J connectivity index is 1.44. The summed E-state index contributed by atoms with van der Waals surface area (Å²) in [6, 6.07) is 20.3. The van der Waals surface area contributed by atoms with Crippen LogP contribution in [0.4, 0.5) is 4.39 Å². The van der Waals surface area contributed by atoms with Crippen molar-refractivity contribution in [1.82, 2.24) is 4.90 Å². The number of nitrogens with zero attached hydrogens (tertiary/aromatic N) is 1. The molecule has 0 amide bonds. The fraction of sp³-hybridized carbons (Fsp3) is 0.294. The van der Waals surface area contributed by atoms with Gasteiger partial charge in [0, 0.05) is 47.8 Å². The third-order valence-electron chi connectivity index (χ3n) is 8.13. The van der Waals surface area contributed by atoms with Crippen molar-refractivity contribution >= 4 is 27.5 Å². The van der Waals surface area contributed by atoms with Gasteiger partial charge in [-0.1, -0.05) is 42.5 Å². The number of ketones is 2. The maximum atomic E-state index is 13.7. The molecule has 0 unspecified atom stereocenters. The first-order valence-electron chi connectivity index (χ1n) is 14.0. The highest BCUT2D eigenvalue weighted by Crippen LogP contribution is 2.51. The summed E-state index contributed by atoms with van der Waals surface area (Å²) in [6.45, 7) is 0.789. The quantitative estimate of drug-likeness (QED) is 0.271.